The number of amides is 2. The molecule has 0 saturated heterocycles. The Kier molecular flexibility index (Phi) is 6.69. The largest absolute Gasteiger partial charge is 0.355 e. The minimum Gasteiger partial charge on any atom is -0.355 e. The van der Waals surface area contributed by atoms with Crippen molar-refractivity contribution in [3.63, 3.8) is 0 Å². The molecule has 25 heavy (non-hydrogen) atoms. The van der Waals surface area contributed by atoms with Gasteiger partial charge in [0.1, 0.15) is 5.41 Å². The molecule has 0 atom stereocenters. The summed E-state index contributed by atoms with van der Waals surface area (Å²) in [5, 5.41) is 5.66. The normalized spacial score (nSPS) is 11.0. The van der Waals surface area contributed by atoms with E-state index in [1.165, 1.54) is 5.56 Å². The Balaban J connectivity index is 1.75. The minimum absolute atomic E-state index is 0.260. The molecule has 0 unspecified atom stereocenters. The standard InChI is InChI=1S/C20H25N3O2/c1-20(2,19(25)23-15-17-11-6-12-21-14-17)18(24)22-13-7-10-16-8-4-3-5-9-16/h3-6,8-9,11-12,14H,7,10,13,15H2,1-2H3,(H,22,24)(H,23,25). The van der Waals surface area contributed by atoms with Crippen LogP contribution in [-0.2, 0) is 22.6 Å². The van der Waals surface area contributed by atoms with Crippen LogP contribution in [0.25, 0.3) is 0 Å². The molecule has 2 amide bonds. The summed E-state index contributed by atoms with van der Waals surface area (Å²) in [6.45, 7) is 4.18. The minimum atomic E-state index is -1.12. The highest BCUT2D eigenvalue weighted by atomic mass is 16.2. The van der Waals surface area contributed by atoms with Gasteiger partial charge in [0.05, 0.1) is 0 Å². The van der Waals surface area contributed by atoms with Gasteiger partial charge in [0.2, 0.25) is 11.8 Å². The quantitative estimate of drug-likeness (QED) is 0.573. The number of carbonyl (C=O) groups is 2. The Bertz CT molecular complexity index is 685. The maximum atomic E-state index is 12.3. The number of hydrogen-bond donors (Lipinski definition) is 2. The molecular formula is C20H25N3O2. The number of carbonyl (C=O) groups excluding carboxylic acids is 2. The first-order valence-electron chi connectivity index (χ1n) is 8.49. The molecule has 1 aromatic carbocycles. The van der Waals surface area contributed by atoms with Gasteiger partial charge in [-0.25, -0.2) is 0 Å². The molecule has 1 heterocycles. The summed E-state index contributed by atoms with van der Waals surface area (Å²) in [6.07, 6.45) is 5.10. The van der Waals surface area contributed by atoms with Crippen LogP contribution in [0.5, 0.6) is 0 Å². The fourth-order valence-electron chi connectivity index (χ4n) is 2.37. The lowest BCUT2D eigenvalue weighted by molar-refractivity contribution is -0.141. The summed E-state index contributed by atoms with van der Waals surface area (Å²) < 4.78 is 0. The van der Waals surface area contributed by atoms with Crippen LogP contribution in [0.1, 0.15) is 31.4 Å². The Hall–Kier alpha value is -2.69. The van der Waals surface area contributed by atoms with Crippen LogP contribution in [0.4, 0.5) is 0 Å². The highest BCUT2D eigenvalue weighted by Gasteiger charge is 2.35. The second-order valence-corrected chi connectivity index (χ2v) is 6.51. The van der Waals surface area contributed by atoms with Crippen molar-refractivity contribution in [2.45, 2.75) is 33.2 Å². The van der Waals surface area contributed by atoms with E-state index in [4.69, 9.17) is 0 Å². The highest BCUT2D eigenvalue weighted by molar-refractivity contribution is 6.04. The topological polar surface area (TPSA) is 71.1 Å². The molecule has 2 N–H and O–H groups in total. The molecule has 5 heteroatoms. The molecule has 2 aromatic rings. The van der Waals surface area contributed by atoms with Crippen molar-refractivity contribution in [2.75, 3.05) is 6.54 Å². The van der Waals surface area contributed by atoms with E-state index < -0.39 is 5.41 Å². The zero-order chi connectivity index (χ0) is 18.1. The van der Waals surface area contributed by atoms with E-state index in [1.54, 1.807) is 26.2 Å². The number of aryl methyl sites for hydroxylation is 1. The monoisotopic (exact) mass is 339 g/mol. The summed E-state index contributed by atoms with van der Waals surface area (Å²) in [5.74, 6) is -0.554. The predicted octanol–water partition coefficient (Wildman–Crippen LogP) is 2.47. The lowest BCUT2D eigenvalue weighted by Gasteiger charge is -2.22. The van der Waals surface area contributed by atoms with Crippen molar-refractivity contribution in [1.29, 1.82) is 0 Å². The van der Waals surface area contributed by atoms with Gasteiger partial charge >= 0.3 is 0 Å². The number of aromatic nitrogens is 1. The van der Waals surface area contributed by atoms with Gasteiger partial charge in [0, 0.05) is 25.5 Å². The van der Waals surface area contributed by atoms with Crippen molar-refractivity contribution in [2.24, 2.45) is 5.41 Å². The second kappa shape index (κ2) is 8.97. The van der Waals surface area contributed by atoms with E-state index in [9.17, 15) is 9.59 Å². The van der Waals surface area contributed by atoms with Crippen molar-refractivity contribution in [1.82, 2.24) is 15.6 Å². The molecule has 0 saturated carbocycles. The third kappa shape index (κ3) is 5.71. The fourth-order valence-corrected chi connectivity index (χ4v) is 2.37. The lowest BCUT2D eigenvalue weighted by Crippen LogP contribution is -2.47. The summed E-state index contributed by atoms with van der Waals surface area (Å²) in [6, 6.07) is 13.8. The van der Waals surface area contributed by atoms with Crippen LogP contribution >= 0.6 is 0 Å². The Morgan fingerprint density at radius 3 is 2.32 bits per heavy atom. The molecule has 0 aliphatic rings. The van der Waals surface area contributed by atoms with Crippen LogP contribution in [0.15, 0.2) is 54.9 Å². The molecule has 0 aliphatic carbocycles. The summed E-state index contributed by atoms with van der Waals surface area (Å²) in [4.78, 5) is 28.7. The summed E-state index contributed by atoms with van der Waals surface area (Å²) in [7, 11) is 0. The van der Waals surface area contributed by atoms with Gasteiger partial charge in [0.25, 0.3) is 0 Å². The van der Waals surface area contributed by atoms with Crippen LogP contribution in [0.2, 0.25) is 0 Å². The van der Waals surface area contributed by atoms with E-state index in [0.717, 1.165) is 18.4 Å². The average Bonchev–Trinajstić information content (AvgIpc) is 2.64. The van der Waals surface area contributed by atoms with Crippen molar-refractivity contribution >= 4 is 11.8 Å². The van der Waals surface area contributed by atoms with E-state index in [0.29, 0.717) is 13.1 Å². The SMILES string of the molecule is CC(C)(C(=O)NCCCc1ccccc1)C(=O)NCc1cccnc1. The van der Waals surface area contributed by atoms with E-state index in [-0.39, 0.29) is 11.8 Å². The Labute approximate surface area is 148 Å². The molecule has 5 nitrogen and oxygen atoms in total. The first-order chi connectivity index (χ1) is 12.0. The first-order valence-corrected chi connectivity index (χ1v) is 8.49. The molecule has 132 valence electrons. The number of nitrogens with one attached hydrogen (secondary N) is 2. The Morgan fingerprint density at radius 1 is 0.960 bits per heavy atom. The van der Waals surface area contributed by atoms with Gasteiger partial charge in [0.15, 0.2) is 0 Å². The van der Waals surface area contributed by atoms with E-state index in [1.807, 2.05) is 30.3 Å². The number of rotatable bonds is 8. The average molecular weight is 339 g/mol. The zero-order valence-electron chi connectivity index (χ0n) is 14.8. The number of hydrogen-bond acceptors (Lipinski definition) is 3. The molecular weight excluding hydrogens is 314 g/mol. The molecule has 0 bridgehead atoms. The van der Waals surface area contributed by atoms with E-state index in [2.05, 4.69) is 27.8 Å². The van der Waals surface area contributed by atoms with Crippen LogP contribution in [0, 0.1) is 5.41 Å². The van der Waals surface area contributed by atoms with Gasteiger partial charge in [-0.2, -0.15) is 0 Å². The van der Waals surface area contributed by atoms with Crippen LogP contribution in [0.3, 0.4) is 0 Å². The smallest absolute Gasteiger partial charge is 0.235 e. The van der Waals surface area contributed by atoms with Gasteiger partial charge in [-0.1, -0.05) is 36.4 Å². The third-order valence-corrected chi connectivity index (χ3v) is 4.08. The number of nitrogens with zero attached hydrogens (tertiary/aromatic N) is 1. The van der Waals surface area contributed by atoms with Crippen molar-refractivity contribution < 1.29 is 9.59 Å². The molecule has 2 rings (SSSR count). The predicted molar refractivity (Wildman–Crippen MR) is 97.6 cm³/mol. The lowest BCUT2D eigenvalue weighted by atomic mass is 9.91. The molecule has 1 aromatic heterocycles. The van der Waals surface area contributed by atoms with Gasteiger partial charge in [-0.15, -0.1) is 0 Å². The van der Waals surface area contributed by atoms with Gasteiger partial charge < -0.3 is 10.6 Å². The third-order valence-electron chi connectivity index (χ3n) is 4.08. The molecule has 0 radical (unpaired) electrons. The molecule has 0 fully saturated rings. The maximum absolute atomic E-state index is 12.3. The maximum Gasteiger partial charge on any atom is 0.235 e. The molecule has 0 spiro atoms. The van der Waals surface area contributed by atoms with Crippen molar-refractivity contribution in [3.05, 3.63) is 66.0 Å². The van der Waals surface area contributed by atoms with Crippen molar-refractivity contribution in [3.8, 4) is 0 Å². The van der Waals surface area contributed by atoms with Gasteiger partial charge in [-0.3, -0.25) is 14.6 Å². The van der Waals surface area contributed by atoms with Gasteiger partial charge in [-0.05, 0) is 43.9 Å². The number of pyridine rings is 1. The van der Waals surface area contributed by atoms with Crippen LogP contribution in [-0.4, -0.2) is 23.3 Å². The Morgan fingerprint density at radius 2 is 1.64 bits per heavy atom. The first kappa shape index (κ1) is 18.6. The summed E-state index contributed by atoms with van der Waals surface area (Å²) >= 11 is 0. The molecule has 0 aliphatic heterocycles. The highest BCUT2D eigenvalue weighted by Crippen LogP contribution is 2.16. The summed E-state index contributed by atoms with van der Waals surface area (Å²) in [5.41, 5.74) is 1.02. The zero-order valence-corrected chi connectivity index (χ0v) is 14.8. The number of benzene rings is 1. The fraction of sp³-hybridized carbons (Fsp3) is 0.350. The van der Waals surface area contributed by atoms with E-state index >= 15 is 0 Å². The van der Waals surface area contributed by atoms with Crippen LogP contribution < -0.4 is 10.6 Å². The second-order valence-electron chi connectivity index (χ2n) is 6.51.